The van der Waals surface area contributed by atoms with Gasteiger partial charge in [0.05, 0.1) is 6.61 Å². The summed E-state index contributed by atoms with van der Waals surface area (Å²) in [7, 11) is 1.45. The van der Waals surface area contributed by atoms with Gasteiger partial charge in [-0.2, -0.15) is 0 Å². The van der Waals surface area contributed by atoms with Gasteiger partial charge in [0.15, 0.2) is 6.29 Å². The maximum atomic E-state index is 9.73. The second-order valence-corrected chi connectivity index (χ2v) is 3.52. The fraction of sp³-hybridized carbons (Fsp3) is 0.889. The normalized spacial score (nSPS) is 37.2. The third kappa shape index (κ3) is 2.30. The molecule has 0 aromatic carbocycles. The topological polar surface area (TPSA) is 71.3 Å². The van der Waals surface area contributed by atoms with Gasteiger partial charge in [-0.25, -0.2) is 0 Å². The summed E-state index contributed by atoms with van der Waals surface area (Å²) in [6.07, 6.45) is -1.99. The molecule has 1 aliphatic rings. The molecule has 0 amide bonds. The minimum atomic E-state index is -0.813. The van der Waals surface area contributed by atoms with Crippen LogP contribution in [0.5, 0.6) is 0 Å². The van der Waals surface area contributed by atoms with Crippen LogP contribution in [0.3, 0.4) is 0 Å². The van der Waals surface area contributed by atoms with E-state index in [2.05, 4.69) is 4.99 Å². The third-order valence-corrected chi connectivity index (χ3v) is 2.14. The standard InChI is InChI=1S/C9H17NO4/c1-5(2)10-7-6(4-11)14-9(13-3)8(7)12/h6-9,11-12H,4H2,1-3H3/t6-,7+,8?,9-/m1/s1. The summed E-state index contributed by atoms with van der Waals surface area (Å²) in [6, 6.07) is -0.435. The predicted molar refractivity (Wildman–Crippen MR) is 51.3 cm³/mol. The lowest BCUT2D eigenvalue weighted by atomic mass is 10.1. The number of aliphatic hydroxyl groups is 2. The smallest absolute Gasteiger partial charge is 0.185 e. The zero-order chi connectivity index (χ0) is 10.7. The van der Waals surface area contributed by atoms with Crippen LogP contribution in [0, 0.1) is 0 Å². The molecule has 1 unspecified atom stereocenters. The van der Waals surface area contributed by atoms with Gasteiger partial charge in [-0.3, -0.25) is 4.99 Å². The van der Waals surface area contributed by atoms with Gasteiger partial charge in [0, 0.05) is 12.8 Å². The van der Waals surface area contributed by atoms with E-state index in [9.17, 15) is 5.11 Å². The number of methoxy groups -OCH3 is 1. The number of aliphatic imine (C=N–C) groups is 1. The largest absolute Gasteiger partial charge is 0.394 e. The zero-order valence-corrected chi connectivity index (χ0v) is 8.67. The van der Waals surface area contributed by atoms with Gasteiger partial charge in [-0.15, -0.1) is 0 Å². The Morgan fingerprint density at radius 1 is 1.50 bits per heavy atom. The zero-order valence-electron chi connectivity index (χ0n) is 8.67. The Morgan fingerprint density at radius 2 is 2.14 bits per heavy atom. The van der Waals surface area contributed by atoms with E-state index in [1.807, 2.05) is 13.8 Å². The van der Waals surface area contributed by atoms with Crippen molar-refractivity contribution in [3.63, 3.8) is 0 Å². The summed E-state index contributed by atoms with van der Waals surface area (Å²) in [5.74, 6) is 0. The highest BCUT2D eigenvalue weighted by Crippen LogP contribution is 2.24. The second kappa shape index (κ2) is 4.84. The first kappa shape index (κ1) is 11.6. The van der Waals surface area contributed by atoms with Crippen molar-refractivity contribution in [2.75, 3.05) is 13.7 Å². The van der Waals surface area contributed by atoms with E-state index in [-0.39, 0.29) is 6.61 Å². The van der Waals surface area contributed by atoms with E-state index in [1.165, 1.54) is 7.11 Å². The van der Waals surface area contributed by atoms with Crippen LogP contribution < -0.4 is 0 Å². The molecule has 82 valence electrons. The molecule has 1 rings (SSSR count). The van der Waals surface area contributed by atoms with Gasteiger partial charge >= 0.3 is 0 Å². The van der Waals surface area contributed by atoms with Gasteiger partial charge in [0.2, 0.25) is 0 Å². The molecule has 2 N–H and O–H groups in total. The number of ether oxygens (including phenoxy) is 2. The van der Waals surface area contributed by atoms with Gasteiger partial charge < -0.3 is 19.7 Å². The minimum Gasteiger partial charge on any atom is -0.394 e. The van der Waals surface area contributed by atoms with Crippen molar-refractivity contribution in [2.24, 2.45) is 4.99 Å². The number of nitrogens with zero attached hydrogens (tertiary/aromatic N) is 1. The molecule has 1 aliphatic heterocycles. The third-order valence-electron chi connectivity index (χ3n) is 2.14. The van der Waals surface area contributed by atoms with Crippen molar-refractivity contribution in [3.05, 3.63) is 0 Å². The first-order valence-electron chi connectivity index (χ1n) is 4.58. The molecule has 0 saturated carbocycles. The summed E-state index contributed by atoms with van der Waals surface area (Å²) in [5, 5.41) is 18.8. The SMILES string of the molecule is CO[C@@H]1O[C@H](CO)[C@H](N=C(C)C)C1O. The Morgan fingerprint density at radius 3 is 2.57 bits per heavy atom. The molecular weight excluding hydrogens is 186 g/mol. The van der Waals surface area contributed by atoms with Crippen molar-refractivity contribution in [2.45, 2.75) is 38.4 Å². The monoisotopic (exact) mass is 203 g/mol. The van der Waals surface area contributed by atoms with E-state index >= 15 is 0 Å². The maximum absolute atomic E-state index is 9.73. The molecule has 0 aliphatic carbocycles. The molecule has 5 nitrogen and oxygen atoms in total. The van der Waals surface area contributed by atoms with Crippen LogP contribution in [-0.4, -0.2) is 54.2 Å². The van der Waals surface area contributed by atoms with Crippen LogP contribution in [-0.2, 0) is 9.47 Å². The van der Waals surface area contributed by atoms with Gasteiger partial charge in [0.1, 0.15) is 18.2 Å². The summed E-state index contributed by atoms with van der Waals surface area (Å²) in [4.78, 5) is 4.21. The maximum Gasteiger partial charge on any atom is 0.185 e. The van der Waals surface area contributed by atoms with Crippen LogP contribution in [0.4, 0.5) is 0 Å². The number of hydrogen-bond donors (Lipinski definition) is 2. The average molecular weight is 203 g/mol. The van der Waals surface area contributed by atoms with Crippen LogP contribution in [0.25, 0.3) is 0 Å². The van der Waals surface area contributed by atoms with E-state index in [4.69, 9.17) is 14.6 Å². The Kier molecular flexibility index (Phi) is 4.00. The molecule has 14 heavy (non-hydrogen) atoms. The first-order valence-corrected chi connectivity index (χ1v) is 4.58. The summed E-state index contributed by atoms with van der Waals surface area (Å²) >= 11 is 0. The van der Waals surface area contributed by atoms with Crippen molar-refractivity contribution in [1.82, 2.24) is 0 Å². The lowest BCUT2D eigenvalue weighted by Crippen LogP contribution is -2.33. The highest BCUT2D eigenvalue weighted by atomic mass is 16.7. The molecule has 0 aromatic rings. The van der Waals surface area contributed by atoms with Crippen molar-refractivity contribution in [1.29, 1.82) is 0 Å². The van der Waals surface area contributed by atoms with Crippen molar-refractivity contribution >= 4 is 5.71 Å². The Labute approximate surface area is 83.4 Å². The molecule has 0 bridgehead atoms. The number of aliphatic hydroxyl groups excluding tert-OH is 2. The van der Waals surface area contributed by atoms with Gasteiger partial charge in [0.25, 0.3) is 0 Å². The molecule has 0 spiro atoms. The molecule has 1 heterocycles. The predicted octanol–water partition coefficient (Wildman–Crippen LogP) is -0.440. The molecule has 0 aromatic heterocycles. The van der Waals surface area contributed by atoms with Crippen LogP contribution >= 0.6 is 0 Å². The van der Waals surface area contributed by atoms with Crippen molar-refractivity contribution < 1.29 is 19.7 Å². The van der Waals surface area contributed by atoms with E-state index in [0.717, 1.165) is 5.71 Å². The highest BCUT2D eigenvalue weighted by Gasteiger charge is 2.43. The van der Waals surface area contributed by atoms with E-state index < -0.39 is 24.5 Å². The van der Waals surface area contributed by atoms with Gasteiger partial charge in [-0.05, 0) is 13.8 Å². The van der Waals surface area contributed by atoms with Crippen LogP contribution in [0.1, 0.15) is 13.8 Å². The van der Waals surface area contributed by atoms with E-state index in [1.54, 1.807) is 0 Å². The molecule has 0 radical (unpaired) electrons. The number of rotatable bonds is 3. The Bertz CT molecular complexity index is 213. The van der Waals surface area contributed by atoms with Crippen LogP contribution in [0.15, 0.2) is 4.99 Å². The Balaban J connectivity index is 2.75. The summed E-state index contributed by atoms with van der Waals surface area (Å²) in [6.45, 7) is 3.50. The lowest BCUT2D eigenvalue weighted by Gasteiger charge is -2.14. The molecular formula is C9H17NO4. The summed E-state index contributed by atoms with van der Waals surface area (Å²) in [5.41, 5.74) is 0.841. The lowest BCUT2D eigenvalue weighted by molar-refractivity contribution is -0.153. The minimum absolute atomic E-state index is 0.168. The number of hydrogen-bond acceptors (Lipinski definition) is 5. The quantitative estimate of drug-likeness (QED) is 0.610. The second-order valence-electron chi connectivity index (χ2n) is 3.52. The molecule has 4 atom stereocenters. The molecule has 1 saturated heterocycles. The van der Waals surface area contributed by atoms with E-state index in [0.29, 0.717) is 0 Å². The summed E-state index contributed by atoms with van der Waals surface area (Å²) < 4.78 is 10.2. The molecule has 1 fully saturated rings. The highest BCUT2D eigenvalue weighted by molar-refractivity contribution is 5.79. The fourth-order valence-corrected chi connectivity index (χ4v) is 1.52. The first-order chi connectivity index (χ1) is 6.60. The van der Waals surface area contributed by atoms with Crippen LogP contribution in [0.2, 0.25) is 0 Å². The van der Waals surface area contributed by atoms with Gasteiger partial charge in [-0.1, -0.05) is 0 Å². The van der Waals surface area contributed by atoms with Crippen molar-refractivity contribution in [3.8, 4) is 0 Å². The molecule has 5 heteroatoms. The average Bonchev–Trinajstić information content (AvgIpc) is 2.43. The fourth-order valence-electron chi connectivity index (χ4n) is 1.52. The Hall–Kier alpha value is -0.490.